The fraction of sp³-hybridized carbons (Fsp3) is 0.375. The molecular formula is C8H4ClF6NO. The molecule has 1 heterocycles. The monoisotopic (exact) mass is 279 g/mol. The lowest BCUT2D eigenvalue weighted by molar-refractivity contribution is -0.206. The molecule has 0 amide bonds. The van der Waals surface area contributed by atoms with Gasteiger partial charge >= 0.3 is 12.4 Å². The van der Waals surface area contributed by atoms with E-state index in [1.54, 1.807) is 0 Å². The van der Waals surface area contributed by atoms with E-state index in [2.05, 4.69) is 4.98 Å². The van der Waals surface area contributed by atoms with Gasteiger partial charge in [-0.05, 0) is 6.07 Å². The van der Waals surface area contributed by atoms with Crippen molar-refractivity contribution in [3.05, 3.63) is 28.5 Å². The van der Waals surface area contributed by atoms with Crippen molar-refractivity contribution in [2.45, 2.75) is 18.5 Å². The Morgan fingerprint density at radius 2 is 1.65 bits per heavy atom. The molecule has 0 aliphatic heterocycles. The predicted molar refractivity (Wildman–Crippen MR) is 45.3 cm³/mol. The van der Waals surface area contributed by atoms with E-state index in [4.69, 9.17) is 16.7 Å². The summed E-state index contributed by atoms with van der Waals surface area (Å²) in [4.78, 5) is 2.76. The van der Waals surface area contributed by atoms with Gasteiger partial charge in [-0.1, -0.05) is 17.7 Å². The molecule has 17 heavy (non-hydrogen) atoms. The molecule has 0 fully saturated rings. The maximum absolute atomic E-state index is 12.1. The third-order valence-corrected chi connectivity index (χ3v) is 2.08. The number of aliphatic hydroxyl groups is 1. The molecule has 0 aromatic carbocycles. The van der Waals surface area contributed by atoms with E-state index in [0.29, 0.717) is 12.1 Å². The predicted octanol–water partition coefficient (Wildman–Crippen LogP) is 3.35. The summed E-state index contributed by atoms with van der Waals surface area (Å²) in [7, 11) is 0. The number of hydrogen-bond acceptors (Lipinski definition) is 2. The molecule has 1 aromatic rings. The Morgan fingerprint density at radius 1 is 1.12 bits per heavy atom. The second kappa shape index (κ2) is 4.34. The Hall–Kier alpha value is -1.02. The second-order valence-electron chi connectivity index (χ2n) is 3.02. The standard InChI is InChI=1S/C8H4ClF6NO/c9-6-3(5(17)8(13,14)15)1-2-4(16-6)7(10,11)12/h1-2,5,17H. The molecule has 0 saturated heterocycles. The number of nitrogens with zero attached hydrogens (tertiary/aromatic N) is 1. The van der Waals surface area contributed by atoms with Crippen LogP contribution < -0.4 is 0 Å². The number of alkyl halides is 6. The highest BCUT2D eigenvalue weighted by Crippen LogP contribution is 2.37. The molecule has 9 heteroatoms. The Bertz CT molecular complexity index is 415. The van der Waals surface area contributed by atoms with Crippen molar-refractivity contribution < 1.29 is 31.4 Å². The average molecular weight is 280 g/mol. The normalized spacial score (nSPS) is 14.8. The van der Waals surface area contributed by atoms with Crippen molar-refractivity contribution in [3.63, 3.8) is 0 Å². The average Bonchev–Trinajstić information content (AvgIpc) is 2.13. The zero-order chi connectivity index (χ0) is 13.4. The number of pyridine rings is 1. The van der Waals surface area contributed by atoms with Crippen LogP contribution in [0.3, 0.4) is 0 Å². The first-order valence-corrected chi connectivity index (χ1v) is 4.39. The van der Waals surface area contributed by atoms with Crippen LogP contribution in [0.5, 0.6) is 0 Å². The Balaban J connectivity index is 3.15. The molecule has 0 radical (unpaired) electrons. The number of aliphatic hydroxyl groups excluding tert-OH is 1. The van der Waals surface area contributed by atoms with E-state index in [1.165, 1.54) is 0 Å². The number of aromatic nitrogens is 1. The summed E-state index contributed by atoms with van der Waals surface area (Å²) in [5, 5.41) is 7.76. The van der Waals surface area contributed by atoms with Crippen LogP contribution in [0.15, 0.2) is 12.1 Å². The zero-order valence-corrected chi connectivity index (χ0v) is 8.53. The van der Waals surface area contributed by atoms with Gasteiger partial charge in [0.05, 0.1) is 0 Å². The van der Waals surface area contributed by atoms with Crippen LogP contribution in [-0.2, 0) is 6.18 Å². The summed E-state index contributed by atoms with van der Waals surface area (Å²) < 4.78 is 72.7. The molecule has 1 atom stereocenters. The van der Waals surface area contributed by atoms with Crippen LogP contribution in [0.4, 0.5) is 26.3 Å². The molecular weight excluding hydrogens is 276 g/mol. The highest BCUT2D eigenvalue weighted by molar-refractivity contribution is 6.30. The Morgan fingerprint density at radius 3 is 2.00 bits per heavy atom. The summed E-state index contributed by atoms with van der Waals surface area (Å²) in [6.07, 6.45) is -12.8. The molecule has 1 unspecified atom stereocenters. The van der Waals surface area contributed by atoms with Crippen molar-refractivity contribution >= 4 is 11.6 Å². The first-order chi connectivity index (χ1) is 7.53. The van der Waals surface area contributed by atoms with Crippen LogP contribution in [0.2, 0.25) is 5.15 Å². The van der Waals surface area contributed by atoms with Gasteiger partial charge in [0.2, 0.25) is 0 Å². The summed E-state index contributed by atoms with van der Waals surface area (Å²) in [5.41, 5.74) is -2.35. The van der Waals surface area contributed by atoms with Crippen LogP contribution >= 0.6 is 11.6 Å². The summed E-state index contributed by atoms with van der Waals surface area (Å²) in [6, 6.07) is 0.756. The van der Waals surface area contributed by atoms with Crippen LogP contribution in [0, 0.1) is 0 Å². The van der Waals surface area contributed by atoms with Gasteiger partial charge < -0.3 is 5.11 Å². The Kier molecular flexibility index (Phi) is 3.58. The van der Waals surface area contributed by atoms with Gasteiger partial charge in [-0.2, -0.15) is 26.3 Å². The molecule has 1 rings (SSSR count). The van der Waals surface area contributed by atoms with E-state index < -0.39 is 34.9 Å². The molecule has 0 bridgehead atoms. The maximum Gasteiger partial charge on any atom is 0.433 e. The fourth-order valence-corrected chi connectivity index (χ4v) is 1.24. The Labute approximate surface area is 95.8 Å². The van der Waals surface area contributed by atoms with Gasteiger partial charge in [0.15, 0.2) is 6.10 Å². The van der Waals surface area contributed by atoms with Gasteiger partial charge in [0.1, 0.15) is 10.8 Å². The van der Waals surface area contributed by atoms with Crippen molar-refractivity contribution in [3.8, 4) is 0 Å². The van der Waals surface area contributed by atoms with E-state index in [9.17, 15) is 26.3 Å². The van der Waals surface area contributed by atoms with E-state index in [-0.39, 0.29) is 0 Å². The molecule has 1 N–H and O–H groups in total. The van der Waals surface area contributed by atoms with Gasteiger partial charge in [-0.15, -0.1) is 0 Å². The van der Waals surface area contributed by atoms with Crippen LogP contribution in [0.25, 0.3) is 0 Å². The third-order valence-electron chi connectivity index (χ3n) is 1.77. The SMILES string of the molecule is OC(c1ccc(C(F)(F)F)nc1Cl)C(F)(F)F. The minimum atomic E-state index is -5.02. The summed E-state index contributed by atoms with van der Waals surface area (Å²) >= 11 is 5.17. The first-order valence-electron chi connectivity index (χ1n) is 4.02. The molecule has 2 nitrogen and oxygen atoms in total. The lowest BCUT2D eigenvalue weighted by atomic mass is 10.1. The van der Waals surface area contributed by atoms with Gasteiger partial charge in [0, 0.05) is 5.56 Å². The lowest BCUT2D eigenvalue weighted by Gasteiger charge is -2.16. The van der Waals surface area contributed by atoms with Gasteiger partial charge in [-0.25, -0.2) is 4.98 Å². The van der Waals surface area contributed by atoms with E-state index in [0.717, 1.165) is 0 Å². The zero-order valence-electron chi connectivity index (χ0n) is 7.77. The minimum absolute atomic E-state index is 0.316. The first kappa shape index (κ1) is 14.0. The molecule has 0 saturated carbocycles. The minimum Gasteiger partial charge on any atom is -0.379 e. The van der Waals surface area contributed by atoms with Crippen molar-refractivity contribution in [2.75, 3.05) is 0 Å². The van der Waals surface area contributed by atoms with E-state index in [1.807, 2.05) is 0 Å². The van der Waals surface area contributed by atoms with E-state index >= 15 is 0 Å². The molecule has 96 valence electrons. The number of rotatable bonds is 1. The summed E-state index contributed by atoms with van der Waals surface area (Å²) in [6.45, 7) is 0. The van der Waals surface area contributed by atoms with Crippen molar-refractivity contribution in [1.29, 1.82) is 0 Å². The topological polar surface area (TPSA) is 33.1 Å². The fourth-order valence-electron chi connectivity index (χ4n) is 0.983. The molecule has 0 spiro atoms. The second-order valence-corrected chi connectivity index (χ2v) is 3.38. The van der Waals surface area contributed by atoms with Crippen molar-refractivity contribution in [2.24, 2.45) is 0 Å². The molecule has 0 aliphatic carbocycles. The van der Waals surface area contributed by atoms with Crippen LogP contribution in [-0.4, -0.2) is 16.3 Å². The smallest absolute Gasteiger partial charge is 0.379 e. The van der Waals surface area contributed by atoms with Crippen molar-refractivity contribution in [1.82, 2.24) is 4.98 Å². The largest absolute Gasteiger partial charge is 0.433 e. The third kappa shape index (κ3) is 3.22. The number of halogens is 7. The maximum atomic E-state index is 12.1. The summed E-state index contributed by atoms with van der Waals surface area (Å²) in [5.74, 6) is 0. The lowest BCUT2D eigenvalue weighted by Crippen LogP contribution is -2.21. The van der Waals surface area contributed by atoms with Gasteiger partial charge in [-0.3, -0.25) is 0 Å². The number of hydrogen-bond donors (Lipinski definition) is 1. The van der Waals surface area contributed by atoms with Crippen LogP contribution in [0.1, 0.15) is 17.4 Å². The van der Waals surface area contributed by atoms with Gasteiger partial charge in [0.25, 0.3) is 0 Å². The molecule has 1 aromatic heterocycles. The molecule has 0 aliphatic rings. The highest BCUT2D eigenvalue weighted by atomic mass is 35.5. The highest BCUT2D eigenvalue weighted by Gasteiger charge is 2.41. The quantitative estimate of drug-likeness (QED) is 0.632.